The summed E-state index contributed by atoms with van der Waals surface area (Å²) in [4.78, 5) is 25.3. The maximum absolute atomic E-state index is 11.6. The number of pyridine rings is 1. The fourth-order valence-corrected chi connectivity index (χ4v) is 1.85. The van der Waals surface area contributed by atoms with Gasteiger partial charge in [-0.3, -0.25) is 9.59 Å². The van der Waals surface area contributed by atoms with Crippen molar-refractivity contribution in [2.24, 2.45) is 5.73 Å². The van der Waals surface area contributed by atoms with E-state index < -0.39 is 5.91 Å². The normalized spacial score (nSPS) is 10.5. The lowest BCUT2D eigenvalue weighted by Crippen LogP contribution is -2.16. The second-order valence-corrected chi connectivity index (χ2v) is 4.35. The van der Waals surface area contributed by atoms with Crippen LogP contribution >= 0.6 is 22.6 Å². The Morgan fingerprint density at radius 1 is 1.33 bits per heavy atom. The Bertz CT molecular complexity index is 604. The van der Waals surface area contributed by atoms with Crippen molar-refractivity contribution in [1.29, 1.82) is 0 Å². The van der Waals surface area contributed by atoms with Crippen LogP contribution in [0.2, 0.25) is 0 Å². The van der Waals surface area contributed by atoms with E-state index in [0.717, 1.165) is 3.57 Å². The fourth-order valence-electron chi connectivity index (χ4n) is 1.36. The molecule has 0 saturated carbocycles. The largest absolute Gasteiger partial charge is 0.364 e. The van der Waals surface area contributed by atoms with Crippen molar-refractivity contribution in [3.8, 4) is 0 Å². The van der Waals surface area contributed by atoms with E-state index in [-0.39, 0.29) is 11.1 Å². The van der Waals surface area contributed by atoms with Crippen LogP contribution in [-0.2, 0) is 0 Å². The van der Waals surface area contributed by atoms with Crippen molar-refractivity contribution < 1.29 is 4.79 Å². The van der Waals surface area contributed by atoms with Crippen molar-refractivity contribution >= 4 is 39.4 Å². The minimum absolute atomic E-state index is 0.134. The maximum atomic E-state index is 11.6. The first-order chi connectivity index (χ1) is 7.08. The van der Waals surface area contributed by atoms with E-state index in [2.05, 4.69) is 27.6 Å². The average molecular weight is 314 g/mol. The number of H-pyrrole nitrogens is 1. The molecular weight excluding hydrogens is 307 g/mol. The van der Waals surface area contributed by atoms with Gasteiger partial charge in [-0.2, -0.15) is 0 Å². The minimum Gasteiger partial charge on any atom is -0.364 e. The summed E-state index contributed by atoms with van der Waals surface area (Å²) in [6.45, 7) is 0. The molecule has 1 amide bonds. The van der Waals surface area contributed by atoms with Crippen LogP contribution in [0.25, 0.3) is 10.9 Å². The standard InChI is InChI=1S/C10H7IN2O2/c11-5-1-2-6-7(3-5)13-8(10(12)15)4-9(6)14/h1-4H,(H2,12,15)(H,13,14). The van der Waals surface area contributed by atoms with Gasteiger partial charge < -0.3 is 10.7 Å². The highest BCUT2D eigenvalue weighted by atomic mass is 127. The number of benzene rings is 1. The Morgan fingerprint density at radius 3 is 2.73 bits per heavy atom. The Labute approximate surface area is 98.6 Å². The minimum atomic E-state index is -0.632. The monoisotopic (exact) mass is 314 g/mol. The lowest BCUT2D eigenvalue weighted by atomic mass is 10.2. The number of hydrogen-bond donors (Lipinski definition) is 2. The van der Waals surface area contributed by atoms with Crippen molar-refractivity contribution in [2.45, 2.75) is 0 Å². The molecule has 0 aliphatic carbocycles. The highest BCUT2D eigenvalue weighted by Gasteiger charge is 2.05. The SMILES string of the molecule is NC(=O)c1cc(=O)c2ccc(I)cc2[nH]1. The molecule has 0 bridgehead atoms. The van der Waals surface area contributed by atoms with Gasteiger partial charge >= 0.3 is 0 Å². The zero-order valence-corrected chi connectivity index (χ0v) is 9.74. The molecule has 0 spiro atoms. The summed E-state index contributed by atoms with van der Waals surface area (Å²) in [6, 6.07) is 6.57. The summed E-state index contributed by atoms with van der Waals surface area (Å²) in [6.07, 6.45) is 0. The number of carbonyl (C=O) groups excluding carboxylic acids is 1. The number of aromatic nitrogens is 1. The number of nitrogens with two attached hydrogens (primary N) is 1. The van der Waals surface area contributed by atoms with Gasteiger partial charge in [0, 0.05) is 15.0 Å². The summed E-state index contributed by atoms with van der Waals surface area (Å²) in [5.74, 6) is -0.632. The number of aromatic amines is 1. The molecule has 15 heavy (non-hydrogen) atoms. The first kappa shape index (κ1) is 10.2. The van der Waals surface area contributed by atoms with Gasteiger partial charge in [0.15, 0.2) is 5.43 Å². The van der Waals surface area contributed by atoms with E-state index in [1.165, 1.54) is 6.07 Å². The van der Waals surface area contributed by atoms with E-state index in [4.69, 9.17) is 5.73 Å². The van der Waals surface area contributed by atoms with Crippen LogP contribution in [0.3, 0.4) is 0 Å². The van der Waals surface area contributed by atoms with Gasteiger partial charge in [-0.15, -0.1) is 0 Å². The molecule has 0 saturated heterocycles. The molecule has 0 unspecified atom stereocenters. The fraction of sp³-hybridized carbons (Fsp3) is 0. The molecule has 3 N–H and O–H groups in total. The number of rotatable bonds is 1. The zero-order valence-electron chi connectivity index (χ0n) is 7.58. The molecule has 5 heteroatoms. The van der Waals surface area contributed by atoms with Gasteiger partial charge in [0.25, 0.3) is 5.91 Å². The highest BCUT2D eigenvalue weighted by molar-refractivity contribution is 14.1. The molecule has 2 aromatic rings. The molecule has 1 aromatic carbocycles. The van der Waals surface area contributed by atoms with E-state index in [0.29, 0.717) is 10.9 Å². The molecule has 4 nitrogen and oxygen atoms in total. The third kappa shape index (κ3) is 1.87. The number of nitrogens with one attached hydrogen (secondary N) is 1. The molecule has 0 atom stereocenters. The summed E-state index contributed by atoms with van der Waals surface area (Å²) < 4.78 is 0.984. The van der Waals surface area contributed by atoms with Crippen molar-refractivity contribution in [1.82, 2.24) is 4.98 Å². The molecule has 76 valence electrons. The summed E-state index contributed by atoms with van der Waals surface area (Å²) in [7, 11) is 0. The van der Waals surface area contributed by atoms with Crippen LogP contribution in [0.4, 0.5) is 0 Å². The van der Waals surface area contributed by atoms with Crippen molar-refractivity contribution in [3.05, 3.63) is 43.8 Å². The van der Waals surface area contributed by atoms with Crippen LogP contribution in [-0.4, -0.2) is 10.9 Å². The first-order valence-electron chi connectivity index (χ1n) is 4.20. The van der Waals surface area contributed by atoms with Gasteiger partial charge in [-0.25, -0.2) is 0 Å². The van der Waals surface area contributed by atoms with E-state index in [1.807, 2.05) is 6.07 Å². The van der Waals surface area contributed by atoms with Crippen molar-refractivity contribution in [2.75, 3.05) is 0 Å². The maximum Gasteiger partial charge on any atom is 0.265 e. The quantitative estimate of drug-likeness (QED) is 0.777. The molecule has 0 fully saturated rings. The summed E-state index contributed by atoms with van der Waals surface area (Å²) in [5.41, 5.74) is 5.66. The Hall–Kier alpha value is -1.37. The first-order valence-corrected chi connectivity index (χ1v) is 5.28. The number of amides is 1. The number of halogens is 1. The summed E-state index contributed by atoms with van der Waals surface area (Å²) >= 11 is 2.13. The Kier molecular flexibility index (Phi) is 2.47. The van der Waals surface area contributed by atoms with Crippen LogP contribution in [0.1, 0.15) is 10.5 Å². The Balaban J connectivity index is 2.85. The molecule has 1 heterocycles. The molecular formula is C10H7IN2O2. The topological polar surface area (TPSA) is 76.0 Å². The van der Waals surface area contributed by atoms with Gasteiger partial charge in [0.2, 0.25) is 0 Å². The second kappa shape index (κ2) is 3.65. The lowest BCUT2D eigenvalue weighted by Gasteiger charge is -2.01. The van der Waals surface area contributed by atoms with Crippen LogP contribution in [0.15, 0.2) is 29.1 Å². The molecule has 0 aliphatic rings. The van der Waals surface area contributed by atoms with E-state index >= 15 is 0 Å². The Morgan fingerprint density at radius 2 is 2.07 bits per heavy atom. The van der Waals surface area contributed by atoms with Crippen LogP contribution in [0, 0.1) is 3.57 Å². The molecule has 2 rings (SSSR count). The predicted octanol–water partition coefficient (Wildman–Crippen LogP) is 1.23. The third-order valence-corrected chi connectivity index (χ3v) is 2.73. The number of carbonyl (C=O) groups is 1. The van der Waals surface area contributed by atoms with Gasteiger partial charge in [0.1, 0.15) is 5.69 Å². The summed E-state index contributed by atoms with van der Waals surface area (Å²) in [5, 5.41) is 0.556. The van der Waals surface area contributed by atoms with Gasteiger partial charge in [0.05, 0.1) is 5.52 Å². The molecule has 0 aliphatic heterocycles. The van der Waals surface area contributed by atoms with Crippen LogP contribution < -0.4 is 11.2 Å². The smallest absolute Gasteiger partial charge is 0.265 e. The second-order valence-electron chi connectivity index (χ2n) is 3.10. The highest BCUT2D eigenvalue weighted by Crippen LogP contribution is 2.12. The predicted molar refractivity (Wildman–Crippen MR) is 65.8 cm³/mol. The van der Waals surface area contributed by atoms with Crippen molar-refractivity contribution in [3.63, 3.8) is 0 Å². The lowest BCUT2D eigenvalue weighted by molar-refractivity contribution is 0.0996. The number of fused-ring (bicyclic) bond motifs is 1. The molecule has 1 aromatic heterocycles. The van der Waals surface area contributed by atoms with E-state index in [1.54, 1.807) is 12.1 Å². The molecule has 0 radical (unpaired) electrons. The van der Waals surface area contributed by atoms with Crippen LogP contribution in [0.5, 0.6) is 0 Å². The third-order valence-electron chi connectivity index (χ3n) is 2.06. The van der Waals surface area contributed by atoms with E-state index in [9.17, 15) is 9.59 Å². The number of hydrogen-bond acceptors (Lipinski definition) is 2. The number of primary amides is 1. The average Bonchev–Trinajstić information content (AvgIpc) is 2.16. The van der Waals surface area contributed by atoms with Gasteiger partial charge in [-0.1, -0.05) is 0 Å². The van der Waals surface area contributed by atoms with Gasteiger partial charge in [-0.05, 0) is 40.8 Å². The zero-order chi connectivity index (χ0) is 11.0.